The molecule has 1 saturated heterocycles. The second kappa shape index (κ2) is 6.51. The van der Waals surface area contributed by atoms with Gasteiger partial charge in [0.25, 0.3) is 0 Å². The Morgan fingerprint density at radius 1 is 1.24 bits per heavy atom. The minimum absolute atomic E-state index is 0.805. The van der Waals surface area contributed by atoms with Gasteiger partial charge in [-0.05, 0) is 6.92 Å². The number of aromatic nitrogens is 2. The topological polar surface area (TPSA) is 41.5 Å². The lowest BCUT2D eigenvalue weighted by Gasteiger charge is -2.35. The van der Waals surface area contributed by atoms with Crippen LogP contribution in [0.3, 0.4) is 0 Å². The molecule has 1 fully saturated rings. The van der Waals surface area contributed by atoms with Crippen molar-refractivity contribution in [2.75, 3.05) is 50.8 Å². The van der Waals surface area contributed by atoms with Gasteiger partial charge in [0, 0.05) is 51.7 Å². The summed E-state index contributed by atoms with van der Waals surface area (Å²) in [6.45, 7) is 8.89. The molecule has 0 N–H and O–H groups in total. The number of rotatable bonds is 5. The maximum absolute atomic E-state index is 5.37. The Hall–Kier alpha value is -1.20. The van der Waals surface area contributed by atoms with E-state index in [9.17, 15) is 0 Å². The highest BCUT2D eigenvalue weighted by molar-refractivity contribution is 5.35. The fraction of sp³-hybridized carbons (Fsp3) is 0.667. The van der Waals surface area contributed by atoms with E-state index in [1.54, 1.807) is 12.4 Å². The highest BCUT2D eigenvalue weighted by atomic mass is 16.5. The Bertz CT molecular complexity index is 312. The summed E-state index contributed by atoms with van der Waals surface area (Å²) in [6, 6.07) is 0. The molecule has 94 valence electrons. The average Bonchev–Trinajstić information content (AvgIpc) is 2.41. The molecule has 1 aromatic rings. The zero-order chi connectivity index (χ0) is 11.9. The third-order valence-corrected chi connectivity index (χ3v) is 3.00. The van der Waals surface area contributed by atoms with E-state index in [4.69, 9.17) is 4.74 Å². The lowest BCUT2D eigenvalue weighted by atomic mass is 10.3. The molecular formula is C12H20N4O. The summed E-state index contributed by atoms with van der Waals surface area (Å²) in [5, 5.41) is 0. The summed E-state index contributed by atoms with van der Waals surface area (Å²) in [5.41, 5.74) is 0. The minimum Gasteiger partial charge on any atom is -0.380 e. The van der Waals surface area contributed by atoms with E-state index in [2.05, 4.69) is 19.8 Å². The number of nitrogens with zero attached hydrogens (tertiary/aromatic N) is 4. The quantitative estimate of drug-likeness (QED) is 0.702. The largest absolute Gasteiger partial charge is 0.380 e. The van der Waals surface area contributed by atoms with Gasteiger partial charge in [-0.3, -0.25) is 9.88 Å². The van der Waals surface area contributed by atoms with Gasteiger partial charge in [-0.2, -0.15) is 0 Å². The van der Waals surface area contributed by atoms with Gasteiger partial charge in [0.1, 0.15) is 5.82 Å². The van der Waals surface area contributed by atoms with Crippen molar-refractivity contribution < 1.29 is 4.74 Å². The molecule has 17 heavy (non-hydrogen) atoms. The average molecular weight is 236 g/mol. The van der Waals surface area contributed by atoms with Crippen LogP contribution in [0.2, 0.25) is 0 Å². The molecule has 1 aliphatic heterocycles. The van der Waals surface area contributed by atoms with Crippen LogP contribution in [-0.2, 0) is 4.74 Å². The number of anilines is 1. The molecule has 0 bridgehead atoms. The molecule has 0 radical (unpaired) electrons. The molecule has 0 aliphatic carbocycles. The van der Waals surface area contributed by atoms with Gasteiger partial charge in [0.05, 0.1) is 12.8 Å². The molecule has 0 spiro atoms. The molecule has 0 atom stereocenters. The first-order valence-corrected chi connectivity index (χ1v) is 6.21. The Kier molecular flexibility index (Phi) is 4.70. The van der Waals surface area contributed by atoms with Gasteiger partial charge in [-0.15, -0.1) is 0 Å². The van der Waals surface area contributed by atoms with Crippen LogP contribution < -0.4 is 4.90 Å². The van der Waals surface area contributed by atoms with Crippen LogP contribution in [-0.4, -0.2) is 60.8 Å². The van der Waals surface area contributed by atoms with E-state index < -0.39 is 0 Å². The summed E-state index contributed by atoms with van der Waals surface area (Å²) in [5.74, 6) is 0.983. The molecule has 0 amide bonds. The zero-order valence-corrected chi connectivity index (χ0v) is 10.4. The SMILES string of the molecule is CCOCCN1CCN(c2cnccn2)CC1. The fourth-order valence-corrected chi connectivity index (χ4v) is 1.99. The monoisotopic (exact) mass is 236 g/mol. The van der Waals surface area contributed by atoms with E-state index in [1.807, 2.05) is 13.1 Å². The Morgan fingerprint density at radius 3 is 2.71 bits per heavy atom. The van der Waals surface area contributed by atoms with Crippen LogP contribution in [0.4, 0.5) is 5.82 Å². The molecule has 2 rings (SSSR count). The van der Waals surface area contributed by atoms with Crippen LogP contribution >= 0.6 is 0 Å². The third-order valence-electron chi connectivity index (χ3n) is 3.00. The van der Waals surface area contributed by atoms with Crippen LogP contribution in [0, 0.1) is 0 Å². The number of ether oxygens (including phenoxy) is 1. The second-order valence-corrected chi connectivity index (χ2v) is 4.09. The summed E-state index contributed by atoms with van der Waals surface area (Å²) < 4.78 is 5.37. The summed E-state index contributed by atoms with van der Waals surface area (Å²) in [4.78, 5) is 13.1. The van der Waals surface area contributed by atoms with Crippen molar-refractivity contribution in [3.63, 3.8) is 0 Å². The summed E-state index contributed by atoms with van der Waals surface area (Å²) in [7, 11) is 0. The normalized spacial score (nSPS) is 17.4. The molecule has 0 unspecified atom stereocenters. The highest BCUT2D eigenvalue weighted by Crippen LogP contribution is 2.10. The van der Waals surface area contributed by atoms with Gasteiger partial charge in [-0.25, -0.2) is 4.98 Å². The van der Waals surface area contributed by atoms with Gasteiger partial charge in [-0.1, -0.05) is 0 Å². The maximum atomic E-state index is 5.37. The number of hydrogen-bond acceptors (Lipinski definition) is 5. The Labute approximate surface area is 102 Å². The fourth-order valence-electron chi connectivity index (χ4n) is 1.99. The van der Waals surface area contributed by atoms with Crippen molar-refractivity contribution in [2.24, 2.45) is 0 Å². The first-order valence-electron chi connectivity index (χ1n) is 6.21. The lowest BCUT2D eigenvalue weighted by Crippen LogP contribution is -2.47. The predicted molar refractivity (Wildman–Crippen MR) is 67.2 cm³/mol. The second-order valence-electron chi connectivity index (χ2n) is 4.09. The predicted octanol–water partition coefficient (Wildman–Crippen LogP) is 0.635. The molecule has 1 aromatic heterocycles. The van der Waals surface area contributed by atoms with Crippen molar-refractivity contribution in [1.29, 1.82) is 0 Å². The smallest absolute Gasteiger partial charge is 0.147 e. The van der Waals surface area contributed by atoms with Crippen molar-refractivity contribution >= 4 is 5.82 Å². The first kappa shape index (κ1) is 12.3. The van der Waals surface area contributed by atoms with Gasteiger partial charge in [0.15, 0.2) is 0 Å². The summed E-state index contributed by atoms with van der Waals surface area (Å²) >= 11 is 0. The van der Waals surface area contributed by atoms with E-state index in [0.717, 1.165) is 51.8 Å². The molecular weight excluding hydrogens is 216 g/mol. The Balaban J connectivity index is 1.74. The molecule has 1 aliphatic rings. The molecule has 0 aromatic carbocycles. The zero-order valence-electron chi connectivity index (χ0n) is 10.4. The van der Waals surface area contributed by atoms with E-state index in [0.29, 0.717) is 0 Å². The number of piperazine rings is 1. The van der Waals surface area contributed by atoms with E-state index >= 15 is 0 Å². The van der Waals surface area contributed by atoms with Crippen molar-refractivity contribution in [3.8, 4) is 0 Å². The van der Waals surface area contributed by atoms with Crippen LogP contribution in [0.1, 0.15) is 6.92 Å². The summed E-state index contributed by atoms with van der Waals surface area (Å²) in [6.07, 6.45) is 5.29. The Morgan fingerprint density at radius 2 is 2.06 bits per heavy atom. The van der Waals surface area contributed by atoms with Crippen LogP contribution in [0.15, 0.2) is 18.6 Å². The van der Waals surface area contributed by atoms with Crippen molar-refractivity contribution in [3.05, 3.63) is 18.6 Å². The standard InChI is InChI=1S/C12H20N4O/c1-2-17-10-9-15-5-7-16(8-6-15)12-11-13-3-4-14-12/h3-4,11H,2,5-10H2,1H3. The van der Waals surface area contributed by atoms with Crippen LogP contribution in [0.25, 0.3) is 0 Å². The van der Waals surface area contributed by atoms with Crippen molar-refractivity contribution in [1.82, 2.24) is 14.9 Å². The van der Waals surface area contributed by atoms with Crippen LogP contribution in [0.5, 0.6) is 0 Å². The van der Waals surface area contributed by atoms with E-state index in [-0.39, 0.29) is 0 Å². The molecule has 0 saturated carbocycles. The molecule has 2 heterocycles. The number of hydrogen-bond donors (Lipinski definition) is 0. The first-order chi connectivity index (χ1) is 8.40. The third kappa shape index (κ3) is 3.64. The van der Waals surface area contributed by atoms with Gasteiger partial charge >= 0.3 is 0 Å². The maximum Gasteiger partial charge on any atom is 0.147 e. The molecule has 5 nitrogen and oxygen atoms in total. The van der Waals surface area contributed by atoms with Crippen molar-refractivity contribution in [2.45, 2.75) is 6.92 Å². The van der Waals surface area contributed by atoms with E-state index in [1.165, 1.54) is 0 Å². The highest BCUT2D eigenvalue weighted by Gasteiger charge is 2.17. The molecule has 5 heteroatoms. The lowest BCUT2D eigenvalue weighted by molar-refractivity contribution is 0.111. The van der Waals surface area contributed by atoms with Gasteiger partial charge in [0.2, 0.25) is 0 Å². The minimum atomic E-state index is 0.805. The van der Waals surface area contributed by atoms with Gasteiger partial charge < -0.3 is 9.64 Å².